The van der Waals surface area contributed by atoms with Gasteiger partial charge < -0.3 is 9.64 Å². The molecule has 0 aromatic heterocycles. The minimum absolute atomic E-state index is 0.138. The predicted octanol–water partition coefficient (Wildman–Crippen LogP) is 2.95. The van der Waals surface area contributed by atoms with Crippen molar-refractivity contribution in [3.8, 4) is 0 Å². The third-order valence-electron chi connectivity index (χ3n) is 4.02. The lowest BCUT2D eigenvalue weighted by Gasteiger charge is -2.23. The van der Waals surface area contributed by atoms with Crippen molar-refractivity contribution in [2.45, 2.75) is 31.5 Å². The van der Waals surface area contributed by atoms with Crippen molar-refractivity contribution in [1.82, 2.24) is 4.90 Å². The maximum absolute atomic E-state index is 12.5. The molecule has 3 nitrogen and oxygen atoms in total. The van der Waals surface area contributed by atoms with Crippen LogP contribution in [0.2, 0.25) is 0 Å². The summed E-state index contributed by atoms with van der Waals surface area (Å²) in [5.41, 5.74) is 1.07. The fraction of sp³-hybridized carbons (Fsp3) is 0.533. The van der Waals surface area contributed by atoms with E-state index >= 15 is 0 Å². The number of nitrogens with zero attached hydrogens (tertiary/aromatic N) is 1. The Bertz CT molecular complexity index is 451. The van der Waals surface area contributed by atoms with Gasteiger partial charge in [0.1, 0.15) is 0 Å². The Morgan fingerprint density at radius 3 is 2.84 bits per heavy atom. The molecule has 0 spiro atoms. The highest BCUT2D eigenvalue weighted by atomic mass is 35.5. The lowest BCUT2D eigenvalue weighted by Crippen LogP contribution is -2.32. The van der Waals surface area contributed by atoms with Gasteiger partial charge in [-0.3, -0.25) is 4.79 Å². The molecule has 2 fully saturated rings. The fourth-order valence-electron chi connectivity index (χ4n) is 3.11. The zero-order chi connectivity index (χ0) is 13.2. The van der Waals surface area contributed by atoms with Crippen molar-refractivity contribution in [3.63, 3.8) is 0 Å². The minimum atomic E-state index is -0.195. The van der Waals surface area contributed by atoms with Crippen LogP contribution in [0.25, 0.3) is 0 Å². The summed E-state index contributed by atoms with van der Waals surface area (Å²) in [7, 11) is 0. The third-order valence-corrected chi connectivity index (χ3v) is 4.29. The van der Waals surface area contributed by atoms with Crippen LogP contribution in [0.4, 0.5) is 0 Å². The second-order valence-corrected chi connectivity index (χ2v) is 5.64. The van der Waals surface area contributed by atoms with E-state index in [2.05, 4.69) is 0 Å². The van der Waals surface area contributed by atoms with Gasteiger partial charge in [0.2, 0.25) is 5.91 Å². The van der Waals surface area contributed by atoms with Crippen molar-refractivity contribution in [2.75, 3.05) is 12.5 Å². The second kappa shape index (κ2) is 5.51. The number of alkyl halides is 1. The Hall–Kier alpha value is -1.06. The van der Waals surface area contributed by atoms with Gasteiger partial charge in [-0.2, -0.15) is 0 Å². The Morgan fingerprint density at radius 1 is 1.32 bits per heavy atom. The molecule has 2 aliphatic heterocycles. The van der Waals surface area contributed by atoms with Gasteiger partial charge in [-0.05, 0) is 19.3 Å². The molecule has 0 radical (unpaired) electrons. The van der Waals surface area contributed by atoms with Crippen molar-refractivity contribution >= 4 is 17.5 Å². The highest BCUT2D eigenvalue weighted by molar-refractivity contribution is 6.17. The molecule has 2 saturated heterocycles. The number of halogens is 1. The number of hydrogen-bond acceptors (Lipinski definition) is 2. The van der Waals surface area contributed by atoms with Gasteiger partial charge in [-0.15, -0.1) is 11.6 Å². The van der Waals surface area contributed by atoms with Crippen molar-refractivity contribution in [2.24, 2.45) is 5.92 Å². The van der Waals surface area contributed by atoms with E-state index in [9.17, 15) is 4.79 Å². The number of amides is 1. The smallest absolute Gasteiger partial charge is 0.228 e. The Labute approximate surface area is 118 Å². The van der Waals surface area contributed by atoms with Gasteiger partial charge >= 0.3 is 0 Å². The van der Waals surface area contributed by atoms with Crippen LogP contribution in [0.1, 0.15) is 31.1 Å². The molecule has 0 bridgehead atoms. The molecule has 3 atom stereocenters. The zero-order valence-electron chi connectivity index (χ0n) is 10.8. The largest absolute Gasteiger partial charge is 0.352 e. The van der Waals surface area contributed by atoms with Gasteiger partial charge in [0.15, 0.2) is 6.23 Å². The van der Waals surface area contributed by atoms with Crippen LogP contribution in [0.3, 0.4) is 0 Å². The summed E-state index contributed by atoms with van der Waals surface area (Å²) in [6.45, 7) is 0.655. The topological polar surface area (TPSA) is 29.5 Å². The summed E-state index contributed by atoms with van der Waals surface area (Å²) in [5, 5.41) is 0. The molecular formula is C15H18ClNO2. The first-order valence-electron chi connectivity index (χ1n) is 6.86. The average Bonchev–Trinajstić information content (AvgIpc) is 2.99. The number of benzene rings is 1. The van der Waals surface area contributed by atoms with Crippen molar-refractivity contribution in [3.05, 3.63) is 35.9 Å². The van der Waals surface area contributed by atoms with E-state index in [1.165, 1.54) is 0 Å². The van der Waals surface area contributed by atoms with E-state index in [4.69, 9.17) is 16.3 Å². The molecular weight excluding hydrogens is 262 g/mol. The minimum Gasteiger partial charge on any atom is -0.352 e. The number of hydrogen-bond donors (Lipinski definition) is 0. The maximum atomic E-state index is 12.5. The monoisotopic (exact) mass is 279 g/mol. The van der Waals surface area contributed by atoms with E-state index < -0.39 is 0 Å². The first kappa shape index (κ1) is 12.9. The first-order chi connectivity index (χ1) is 9.31. The molecule has 0 saturated carbocycles. The molecule has 2 aliphatic rings. The molecule has 0 N–H and O–H groups in total. The molecule has 19 heavy (non-hydrogen) atoms. The first-order valence-corrected chi connectivity index (χ1v) is 7.39. The molecule has 1 amide bonds. The molecule has 1 aromatic carbocycles. The second-order valence-electron chi connectivity index (χ2n) is 5.26. The Balaban J connectivity index is 1.76. The molecule has 1 aromatic rings. The van der Waals surface area contributed by atoms with E-state index in [-0.39, 0.29) is 24.1 Å². The quantitative estimate of drug-likeness (QED) is 0.793. The van der Waals surface area contributed by atoms with Crippen molar-refractivity contribution < 1.29 is 9.53 Å². The lowest BCUT2D eigenvalue weighted by atomic mass is 10.00. The van der Waals surface area contributed by atoms with Gasteiger partial charge in [-0.25, -0.2) is 0 Å². The lowest BCUT2D eigenvalue weighted by molar-refractivity contribution is -0.137. The summed E-state index contributed by atoms with van der Waals surface area (Å²) >= 11 is 5.72. The number of ether oxygens (including phenoxy) is 1. The third kappa shape index (κ3) is 2.37. The zero-order valence-corrected chi connectivity index (χ0v) is 11.6. The van der Waals surface area contributed by atoms with Crippen LogP contribution in [-0.2, 0) is 9.53 Å². The Morgan fingerprint density at radius 2 is 2.11 bits per heavy atom. The molecule has 0 aliphatic carbocycles. The number of carbonyl (C=O) groups is 1. The maximum Gasteiger partial charge on any atom is 0.228 e. The summed E-state index contributed by atoms with van der Waals surface area (Å²) in [4.78, 5) is 14.4. The van der Waals surface area contributed by atoms with E-state index in [0.29, 0.717) is 12.5 Å². The van der Waals surface area contributed by atoms with Crippen LogP contribution < -0.4 is 0 Å². The normalized spacial score (nSPS) is 29.8. The predicted molar refractivity (Wildman–Crippen MR) is 73.8 cm³/mol. The molecule has 1 unspecified atom stereocenters. The summed E-state index contributed by atoms with van der Waals surface area (Å²) in [6, 6.07) is 10.2. The summed E-state index contributed by atoms with van der Waals surface area (Å²) in [5.74, 6) is 1.01. The fourth-order valence-corrected chi connectivity index (χ4v) is 3.27. The number of fused-ring (bicyclic) bond motifs is 1. The molecule has 102 valence electrons. The average molecular weight is 280 g/mol. The van der Waals surface area contributed by atoms with Gasteiger partial charge in [0.05, 0.1) is 12.6 Å². The van der Waals surface area contributed by atoms with Crippen LogP contribution in [0, 0.1) is 5.92 Å². The number of rotatable bonds is 4. The van der Waals surface area contributed by atoms with Gasteiger partial charge in [0.25, 0.3) is 0 Å². The van der Waals surface area contributed by atoms with E-state index in [1.54, 1.807) is 0 Å². The molecule has 2 heterocycles. The summed E-state index contributed by atoms with van der Waals surface area (Å²) in [6.07, 6.45) is 2.53. The molecule has 3 rings (SSSR count). The van der Waals surface area contributed by atoms with E-state index in [1.807, 2.05) is 35.2 Å². The van der Waals surface area contributed by atoms with Crippen LogP contribution in [0.5, 0.6) is 0 Å². The van der Waals surface area contributed by atoms with Crippen LogP contribution in [0.15, 0.2) is 30.3 Å². The highest BCUT2D eigenvalue weighted by Crippen LogP contribution is 2.40. The number of carbonyl (C=O) groups excluding carboxylic acids is 1. The van der Waals surface area contributed by atoms with Crippen molar-refractivity contribution in [1.29, 1.82) is 0 Å². The standard InChI is InChI=1S/C15H18ClNO2/c16-8-4-7-12-9-13-10-19-15(17(13)14(12)18)11-5-2-1-3-6-11/h1-3,5-6,12-13,15H,4,7-10H2/t12-,13+,15?/m1/s1. The Kier molecular flexibility index (Phi) is 3.76. The van der Waals surface area contributed by atoms with Crippen LogP contribution >= 0.6 is 11.6 Å². The van der Waals surface area contributed by atoms with Gasteiger partial charge in [0, 0.05) is 17.4 Å². The molecule has 4 heteroatoms. The van der Waals surface area contributed by atoms with Crippen LogP contribution in [-0.4, -0.2) is 29.3 Å². The summed E-state index contributed by atoms with van der Waals surface area (Å²) < 4.78 is 5.81. The highest BCUT2D eigenvalue weighted by Gasteiger charge is 2.47. The SMILES string of the molecule is O=C1[C@H](CCCCl)C[C@H]2COC(c3ccccc3)N12. The van der Waals surface area contributed by atoms with Gasteiger partial charge in [-0.1, -0.05) is 30.3 Å². The van der Waals surface area contributed by atoms with E-state index in [0.717, 1.165) is 24.8 Å².